The molecule has 0 aliphatic carbocycles. The minimum absolute atomic E-state index is 0.0276. The highest BCUT2D eigenvalue weighted by atomic mass is 32.1. The second-order valence-electron chi connectivity index (χ2n) is 6.69. The summed E-state index contributed by atoms with van der Waals surface area (Å²) in [6.07, 6.45) is 1.36. The van der Waals surface area contributed by atoms with Crippen molar-refractivity contribution in [1.82, 2.24) is 14.6 Å². The zero-order valence-corrected chi connectivity index (χ0v) is 18.6. The lowest BCUT2D eigenvalue weighted by atomic mass is 10.1. The number of methoxy groups -OCH3 is 2. The highest BCUT2D eigenvalue weighted by Gasteiger charge is 2.22. The molecule has 0 spiro atoms. The van der Waals surface area contributed by atoms with Crippen LogP contribution in [0, 0.1) is 6.92 Å². The zero-order valence-electron chi connectivity index (χ0n) is 17.8. The van der Waals surface area contributed by atoms with Crippen molar-refractivity contribution in [2.24, 2.45) is 0 Å². The number of nitrogens with one attached hydrogen (secondary N) is 1. The van der Waals surface area contributed by atoms with E-state index in [-0.39, 0.29) is 34.9 Å². The van der Waals surface area contributed by atoms with E-state index in [0.717, 1.165) is 15.9 Å². The SMILES string of the molecule is COc1cc(NC(=O)c2ccco2)c(C(=O)OCc2nn3c(=O)cc(C)nc3s2)cc1OC. The van der Waals surface area contributed by atoms with E-state index < -0.39 is 11.9 Å². The molecule has 4 aromatic rings. The number of nitrogens with zero attached hydrogens (tertiary/aromatic N) is 3. The van der Waals surface area contributed by atoms with Crippen molar-refractivity contribution in [3.8, 4) is 11.5 Å². The molecule has 12 heteroatoms. The highest BCUT2D eigenvalue weighted by molar-refractivity contribution is 7.16. The lowest BCUT2D eigenvalue weighted by Gasteiger charge is -2.14. The monoisotopic (exact) mass is 470 g/mol. The van der Waals surface area contributed by atoms with Crippen LogP contribution in [-0.2, 0) is 11.3 Å². The number of amides is 1. The van der Waals surface area contributed by atoms with E-state index in [1.54, 1.807) is 13.0 Å². The van der Waals surface area contributed by atoms with Crippen LogP contribution in [-0.4, -0.2) is 40.7 Å². The minimum atomic E-state index is -0.749. The van der Waals surface area contributed by atoms with Crippen molar-refractivity contribution < 1.29 is 28.2 Å². The molecule has 3 aromatic heterocycles. The van der Waals surface area contributed by atoms with Crippen molar-refractivity contribution >= 4 is 33.9 Å². The van der Waals surface area contributed by atoms with Gasteiger partial charge in [0.1, 0.15) is 6.61 Å². The van der Waals surface area contributed by atoms with Crippen molar-refractivity contribution in [2.45, 2.75) is 13.5 Å². The van der Waals surface area contributed by atoms with E-state index in [4.69, 9.17) is 18.6 Å². The maximum Gasteiger partial charge on any atom is 0.340 e. The Morgan fingerprint density at radius 3 is 2.64 bits per heavy atom. The smallest absolute Gasteiger partial charge is 0.340 e. The van der Waals surface area contributed by atoms with Gasteiger partial charge in [0, 0.05) is 23.9 Å². The van der Waals surface area contributed by atoms with E-state index >= 15 is 0 Å². The van der Waals surface area contributed by atoms with Crippen LogP contribution in [0.15, 0.2) is 45.8 Å². The Hall–Kier alpha value is -4.19. The number of carbonyl (C=O) groups excluding carboxylic acids is 2. The molecule has 1 N–H and O–H groups in total. The molecule has 1 amide bonds. The van der Waals surface area contributed by atoms with Crippen molar-refractivity contribution in [1.29, 1.82) is 0 Å². The Kier molecular flexibility index (Phi) is 6.09. The molecule has 0 fully saturated rings. The second kappa shape index (κ2) is 9.12. The number of carbonyl (C=O) groups is 2. The fraction of sp³-hybridized carbons (Fsp3) is 0.190. The summed E-state index contributed by atoms with van der Waals surface area (Å²) in [5.74, 6) is -0.677. The first-order chi connectivity index (χ1) is 15.9. The van der Waals surface area contributed by atoms with Gasteiger partial charge in [-0.1, -0.05) is 11.3 Å². The molecular weight excluding hydrogens is 452 g/mol. The molecule has 1 aromatic carbocycles. The number of fused-ring (bicyclic) bond motifs is 1. The van der Waals surface area contributed by atoms with Crippen LogP contribution < -0.4 is 20.3 Å². The van der Waals surface area contributed by atoms with Gasteiger partial charge in [0.25, 0.3) is 11.5 Å². The third kappa shape index (κ3) is 4.55. The number of furan rings is 1. The number of anilines is 1. The average Bonchev–Trinajstić information content (AvgIpc) is 3.47. The van der Waals surface area contributed by atoms with E-state index in [1.807, 2.05) is 0 Å². The van der Waals surface area contributed by atoms with Crippen LogP contribution >= 0.6 is 11.3 Å². The number of aryl methyl sites for hydroxylation is 1. The normalized spacial score (nSPS) is 10.8. The van der Waals surface area contributed by atoms with Gasteiger partial charge in [0.2, 0.25) is 4.96 Å². The number of hydrogen-bond acceptors (Lipinski definition) is 10. The van der Waals surface area contributed by atoms with E-state index in [9.17, 15) is 14.4 Å². The maximum atomic E-state index is 12.9. The molecule has 11 nitrogen and oxygen atoms in total. The quantitative estimate of drug-likeness (QED) is 0.405. The van der Waals surface area contributed by atoms with Gasteiger partial charge < -0.3 is 23.9 Å². The molecule has 0 unspecified atom stereocenters. The van der Waals surface area contributed by atoms with Crippen LogP contribution in [0.3, 0.4) is 0 Å². The topological polar surface area (TPSA) is 134 Å². The Balaban J connectivity index is 1.60. The average molecular weight is 470 g/mol. The van der Waals surface area contributed by atoms with E-state index in [0.29, 0.717) is 21.4 Å². The van der Waals surface area contributed by atoms with Gasteiger partial charge in [-0.25, -0.2) is 9.78 Å². The summed E-state index contributed by atoms with van der Waals surface area (Å²) < 4.78 is 22.2. The van der Waals surface area contributed by atoms with Gasteiger partial charge in [0.05, 0.1) is 31.7 Å². The summed E-state index contributed by atoms with van der Waals surface area (Å²) in [4.78, 5) is 42.0. The first-order valence-corrected chi connectivity index (χ1v) is 10.4. The standard InChI is InChI=1S/C21H18N4O7S/c1-11-7-18(26)25-21(22-11)33-17(24-25)10-32-20(28)12-8-15(29-2)16(30-3)9-13(12)23-19(27)14-5-4-6-31-14/h4-9H,10H2,1-3H3,(H,23,27). The number of benzene rings is 1. The third-order valence-electron chi connectivity index (χ3n) is 4.48. The first kappa shape index (κ1) is 22.0. The summed E-state index contributed by atoms with van der Waals surface area (Å²) in [6, 6.07) is 7.25. The molecule has 170 valence electrons. The van der Waals surface area contributed by atoms with E-state index in [2.05, 4.69) is 15.4 Å². The fourth-order valence-corrected chi connectivity index (χ4v) is 3.82. The molecule has 33 heavy (non-hydrogen) atoms. The van der Waals surface area contributed by atoms with Crippen molar-refractivity contribution in [3.63, 3.8) is 0 Å². The van der Waals surface area contributed by atoms with Gasteiger partial charge >= 0.3 is 5.97 Å². The van der Waals surface area contributed by atoms with Gasteiger partial charge in [-0.2, -0.15) is 9.61 Å². The van der Waals surface area contributed by atoms with Gasteiger partial charge in [-0.05, 0) is 19.1 Å². The number of esters is 1. The molecule has 0 saturated carbocycles. The Labute approximate surface area is 190 Å². The molecular formula is C21H18N4O7S. The Morgan fingerprint density at radius 1 is 1.18 bits per heavy atom. The summed E-state index contributed by atoms with van der Waals surface area (Å²) in [5.41, 5.74) is 0.403. The molecule has 0 radical (unpaired) electrons. The van der Waals surface area contributed by atoms with Crippen LogP contribution in [0.5, 0.6) is 11.5 Å². The summed E-state index contributed by atoms with van der Waals surface area (Å²) in [7, 11) is 2.85. The second-order valence-corrected chi connectivity index (χ2v) is 7.73. The lowest BCUT2D eigenvalue weighted by Crippen LogP contribution is -2.16. The number of aromatic nitrogens is 3. The van der Waals surface area contributed by atoms with Gasteiger partial charge in [-0.15, -0.1) is 0 Å². The van der Waals surface area contributed by atoms with Crippen molar-refractivity contribution in [3.05, 3.63) is 69.0 Å². The Morgan fingerprint density at radius 2 is 1.94 bits per heavy atom. The van der Waals surface area contributed by atoms with Crippen LogP contribution in [0.2, 0.25) is 0 Å². The van der Waals surface area contributed by atoms with Crippen LogP contribution in [0.1, 0.15) is 31.6 Å². The maximum absolute atomic E-state index is 12.9. The largest absolute Gasteiger partial charge is 0.493 e. The molecule has 4 rings (SSSR count). The van der Waals surface area contributed by atoms with Crippen LogP contribution in [0.25, 0.3) is 4.96 Å². The zero-order chi connectivity index (χ0) is 23.5. The first-order valence-electron chi connectivity index (χ1n) is 9.54. The lowest BCUT2D eigenvalue weighted by molar-refractivity contribution is 0.0472. The number of hydrogen-bond donors (Lipinski definition) is 1. The molecule has 0 bridgehead atoms. The molecule has 0 saturated heterocycles. The van der Waals surface area contributed by atoms with E-state index in [1.165, 1.54) is 44.7 Å². The highest BCUT2D eigenvalue weighted by Crippen LogP contribution is 2.34. The summed E-state index contributed by atoms with van der Waals surface area (Å²) >= 11 is 1.13. The molecule has 0 atom stereocenters. The molecule has 0 aliphatic rings. The predicted molar refractivity (Wildman–Crippen MR) is 117 cm³/mol. The van der Waals surface area contributed by atoms with Crippen LogP contribution in [0.4, 0.5) is 5.69 Å². The van der Waals surface area contributed by atoms with Crippen molar-refractivity contribution in [2.75, 3.05) is 19.5 Å². The van der Waals surface area contributed by atoms with Gasteiger partial charge in [-0.3, -0.25) is 9.59 Å². The molecule has 0 aliphatic heterocycles. The predicted octanol–water partition coefficient (Wildman–Crippen LogP) is 2.68. The fourth-order valence-electron chi connectivity index (χ4n) is 2.97. The number of ether oxygens (including phenoxy) is 3. The summed E-state index contributed by atoms with van der Waals surface area (Å²) in [5, 5.41) is 7.13. The number of rotatable bonds is 7. The summed E-state index contributed by atoms with van der Waals surface area (Å²) in [6.45, 7) is 1.50. The minimum Gasteiger partial charge on any atom is -0.493 e. The third-order valence-corrected chi connectivity index (χ3v) is 5.36. The molecule has 3 heterocycles. The van der Waals surface area contributed by atoms with Gasteiger partial charge in [0.15, 0.2) is 22.3 Å². The Bertz CT molecular complexity index is 1390.